The highest BCUT2D eigenvalue weighted by Gasteiger charge is 2.21. The van der Waals surface area contributed by atoms with Gasteiger partial charge in [0.05, 0.1) is 6.54 Å². The molecular weight excluding hydrogens is 214 g/mol. The molecule has 4 heteroatoms. The standard InChI is InChI=1S/C13H23N3O/c1-2-16(12-5-3-4-6-12)13(17)11-15-9-7-14-8-10-15/h5,14H,2-4,6-11H2,1H3. The number of piperazine rings is 1. The Balaban J connectivity index is 1.87. The van der Waals surface area contributed by atoms with Crippen molar-refractivity contribution in [3.05, 3.63) is 11.8 Å². The number of hydrogen-bond acceptors (Lipinski definition) is 3. The zero-order valence-corrected chi connectivity index (χ0v) is 10.7. The van der Waals surface area contributed by atoms with Crippen molar-refractivity contribution in [2.24, 2.45) is 0 Å². The second-order valence-electron chi connectivity index (χ2n) is 4.75. The lowest BCUT2D eigenvalue weighted by molar-refractivity contribution is -0.130. The molecule has 0 aromatic rings. The average Bonchev–Trinajstić information content (AvgIpc) is 2.85. The number of likely N-dealkylation sites (N-methyl/N-ethyl adjacent to an activating group) is 1. The highest BCUT2D eigenvalue weighted by atomic mass is 16.2. The Labute approximate surface area is 104 Å². The van der Waals surface area contributed by atoms with Crippen molar-refractivity contribution in [3.63, 3.8) is 0 Å². The van der Waals surface area contributed by atoms with Crippen LogP contribution in [0, 0.1) is 0 Å². The number of nitrogens with zero attached hydrogens (tertiary/aromatic N) is 2. The number of carbonyl (C=O) groups excluding carboxylic acids is 1. The fraction of sp³-hybridized carbons (Fsp3) is 0.769. The van der Waals surface area contributed by atoms with E-state index in [1.54, 1.807) is 0 Å². The molecule has 17 heavy (non-hydrogen) atoms. The van der Waals surface area contributed by atoms with Gasteiger partial charge in [0.15, 0.2) is 0 Å². The van der Waals surface area contributed by atoms with Crippen LogP contribution in [0.3, 0.4) is 0 Å². The van der Waals surface area contributed by atoms with Gasteiger partial charge in [-0.25, -0.2) is 0 Å². The maximum absolute atomic E-state index is 12.3. The Kier molecular flexibility index (Phi) is 4.57. The van der Waals surface area contributed by atoms with E-state index in [1.165, 1.54) is 12.1 Å². The van der Waals surface area contributed by atoms with Crippen LogP contribution in [0.2, 0.25) is 0 Å². The topological polar surface area (TPSA) is 35.6 Å². The fourth-order valence-electron chi connectivity index (χ4n) is 2.58. The Morgan fingerprint density at radius 3 is 2.82 bits per heavy atom. The molecule has 0 saturated carbocycles. The van der Waals surface area contributed by atoms with Gasteiger partial charge in [-0.2, -0.15) is 0 Å². The van der Waals surface area contributed by atoms with Crippen LogP contribution in [-0.2, 0) is 4.79 Å². The summed E-state index contributed by atoms with van der Waals surface area (Å²) < 4.78 is 0. The normalized spacial score (nSPS) is 21.4. The quantitative estimate of drug-likeness (QED) is 0.786. The summed E-state index contributed by atoms with van der Waals surface area (Å²) in [5.41, 5.74) is 1.24. The maximum atomic E-state index is 12.3. The summed E-state index contributed by atoms with van der Waals surface area (Å²) in [6, 6.07) is 0. The average molecular weight is 237 g/mol. The number of allylic oxidation sites excluding steroid dienone is 2. The maximum Gasteiger partial charge on any atom is 0.240 e. The monoisotopic (exact) mass is 237 g/mol. The molecule has 1 aliphatic heterocycles. The number of amides is 1. The molecule has 0 unspecified atom stereocenters. The lowest BCUT2D eigenvalue weighted by atomic mass is 10.3. The van der Waals surface area contributed by atoms with Gasteiger partial charge in [0.25, 0.3) is 0 Å². The van der Waals surface area contributed by atoms with Crippen molar-refractivity contribution >= 4 is 5.91 Å². The van der Waals surface area contributed by atoms with E-state index in [0.717, 1.165) is 45.6 Å². The van der Waals surface area contributed by atoms with Crippen LogP contribution in [-0.4, -0.2) is 55.0 Å². The van der Waals surface area contributed by atoms with Crippen molar-refractivity contribution in [1.82, 2.24) is 15.1 Å². The van der Waals surface area contributed by atoms with E-state index in [9.17, 15) is 4.79 Å². The molecule has 0 atom stereocenters. The molecule has 2 rings (SSSR count). The summed E-state index contributed by atoms with van der Waals surface area (Å²) in [6.45, 7) is 7.42. The predicted molar refractivity (Wildman–Crippen MR) is 68.6 cm³/mol. The molecule has 96 valence electrons. The second kappa shape index (κ2) is 6.17. The molecule has 0 bridgehead atoms. The number of rotatable bonds is 4. The van der Waals surface area contributed by atoms with E-state index >= 15 is 0 Å². The Bertz CT molecular complexity index is 295. The Morgan fingerprint density at radius 1 is 1.47 bits per heavy atom. The van der Waals surface area contributed by atoms with Crippen LogP contribution in [0.15, 0.2) is 11.8 Å². The van der Waals surface area contributed by atoms with Crippen LogP contribution >= 0.6 is 0 Å². The first-order chi connectivity index (χ1) is 8.31. The van der Waals surface area contributed by atoms with E-state index in [-0.39, 0.29) is 5.91 Å². The summed E-state index contributed by atoms with van der Waals surface area (Å²) in [5.74, 6) is 0.266. The molecule has 1 saturated heterocycles. The van der Waals surface area contributed by atoms with Gasteiger partial charge in [-0.1, -0.05) is 6.08 Å². The van der Waals surface area contributed by atoms with E-state index in [1.807, 2.05) is 4.90 Å². The van der Waals surface area contributed by atoms with Gasteiger partial charge in [-0.05, 0) is 26.2 Å². The zero-order chi connectivity index (χ0) is 12.1. The minimum Gasteiger partial charge on any atom is -0.316 e. The molecule has 0 spiro atoms. The minimum atomic E-state index is 0.266. The van der Waals surface area contributed by atoms with Crippen molar-refractivity contribution in [1.29, 1.82) is 0 Å². The molecule has 1 amide bonds. The lowest BCUT2D eigenvalue weighted by Gasteiger charge is -2.30. The third-order valence-corrected chi connectivity index (χ3v) is 3.55. The first kappa shape index (κ1) is 12.6. The fourth-order valence-corrected chi connectivity index (χ4v) is 2.58. The van der Waals surface area contributed by atoms with Crippen molar-refractivity contribution in [2.45, 2.75) is 26.2 Å². The first-order valence-corrected chi connectivity index (χ1v) is 6.73. The number of nitrogens with one attached hydrogen (secondary N) is 1. The van der Waals surface area contributed by atoms with Crippen molar-refractivity contribution < 1.29 is 4.79 Å². The molecule has 0 radical (unpaired) electrons. The largest absolute Gasteiger partial charge is 0.316 e. The van der Waals surface area contributed by atoms with Gasteiger partial charge in [0, 0.05) is 38.4 Å². The Morgan fingerprint density at radius 2 is 2.24 bits per heavy atom. The van der Waals surface area contributed by atoms with E-state index in [2.05, 4.69) is 23.2 Å². The van der Waals surface area contributed by atoms with Crippen LogP contribution in [0.5, 0.6) is 0 Å². The molecule has 2 aliphatic rings. The second-order valence-corrected chi connectivity index (χ2v) is 4.75. The molecule has 0 aromatic heterocycles. The van der Waals surface area contributed by atoms with E-state index in [0.29, 0.717) is 6.54 Å². The summed E-state index contributed by atoms with van der Waals surface area (Å²) in [7, 11) is 0. The van der Waals surface area contributed by atoms with Crippen LogP contribution in [0.1, 0.15) is 26.2 Å². The predicted octanol–water partition coefficient (Wildman–Crippen LogP) is 0.808. The Hall–Kier alpha value is -0.870. The molecule has 0 aromatic carbocycles. The van der Waals surface area contributed by atoms with Crippen LogP contribution < -0.4 is 5.32 Å². The summed E-state index contributed by atoms with van der Waals surface area (Å²) in [5, 5.41) is 3.31. The molecular formula is C13H23N3O. The molecule has 1 N–H and O–H groups in total. The van der Waals surface area contributed by atoms with Gasteiger partial charge in [0.1, 0.15) is 0 Å². The molecule has 1 heterocycles. The SMILES string of the molecule is CCN(C(=O)CN1CCNCC1)C1=CCCC1. The highest BCUT2D eigenvalue weighted by Crippen LogP contribution is 2.21. The van der Waals surface area contributed by atoms with Gasteiger partial charge >= 0.3 is 0 Å². The van der Waals surface area contributed by atoms with Gasteiger partial charge in [-0.3, -0.25) is 9.69 Å². The zero-order valence-electron chi connectivity index (χ0n) is 10.7. The number of carbonyl (C=O) groups is 1. The summed E-state index contributed by atoms with van der Waals surface area (Å²) in [6.07, 6.45) is 5.62. The summed E-state index contributed by atoms with van der Waals surface area (Å²) in [4.78, 5) is 16.5. The van der Waals surface area contributed by atoms with Crippen LogP contribution in [0.4, 0.5) is 0 Å². The van der Waals surface area contributed by atoms with Gasteiger partial charge in [0.2, 0.25) is 5.91 Å². The number of hydrogen-bond donors (Lipinski definition) is 1. The highest BCUT2D eigenvalue weighted by molar-refractivity contribution is 5.80. The third-order valence-electron chi connectivity index (χ3n) is 3.55. The van der Waals surface area contributed by atoms with E-state index < -0.39 is 0 Å². The molecule has 1 aliphatic carbocycles. The molecule has 1 fully saturated rings. The lowest BCUT2D eigenvalue weighted by Crippen LogP contribution is -2.48. The minimum absolute atomic E-state index is 0.266. The van der Waals surface area contributed by atoms with Crippen molar-refractivity contribution in [3.8, 4) is 0 Å². The summed E-state index contributed by atoms with van der Waals surface area (Å²) >= 11 is 0. The van der Waals surface area contributed by atoms with E-state index in [4.69, 9.17) is 0 Å². The smallest absolute Gasteiger partial charge is 0.240 e. The van der Waals surface area contributed by atoms with Crippen molar-refractivity contribution in [2.75, 3.05) is 39.3 Å². The van der Waals surface area contributed by atoms with Gasteiger partial charge in [-0.15, -0.1) is 0 Å². The molecule has 4 nitrogen and oxygen atoms in total. The first-order valence-electron chi connectivity index (χ1n) is 6.73. The third kappa shape index (κ3) is 3.30. The van der Waals surface area contributed by atoms with Gasteiger partial charge < -0.3 is 10.2 Å². The van der Waals surface area contributed by atoms with Crippen LogP contribution in [0.25, 0.3) is 0 Å².